The summed E-state index contributed by atoms with van der Waals surface area (Å²) in [5.41, 5.74) is 3.89. The van der Waals surface area contributed by atoms with Crippen molar-refractivity contribution in [3.05, 3.63) is 71.9 Å². The Bertz CT molecular complexity index is 705. The van der Waals surface area contributed by atoms with Crippen molar-refractivity contribution in [2.75, 3.05) is 0 Å². The van der Waals surface area contributed by atoms with Gasteiger partial charge in [0.15, 0.2) is 0 Å². The predicted molar refractivity (Wildman–Crippen MR) is 146 cm³/mol. The van der Waals surface area contributed by atoms with Crippen molar-refractivity contribution >= 4 is 5.97 Å². The summed E-state index contributed by atoms with van der Waals surface area (Å²) in [6, 6.07) is 0. The van der Waals surface area contributed by atoms with Gasteiger partial charge in [-0.1, -0.05) is 111 Å². The SMILES string of the molecule is C=C/C=C(\C=C/C(C)C)C1=CCC=C(C2CCC(OC(=O)CC(C)C)CC2)C=C1.CC.CC. The van der Waals surface area contributed by atoms with E-state index in [4.69, 9.17) is 4.74 Å². The number of ether oxygens (including phenoxy) is 1. The Balaban J connectivity index is 0.00000242. The van der Waals surface area contributed by atoms with Gasteiger partial charge in [0, 0.05) is 6.42 Å². The first-order valence-electron chi connectivity index (χ1n) is 13.2. The molecule has 0 bridgehead atoms. The molecule has 0 N–H and O–H groups in total. The largest absolute Gasteiger partial charge is 0.462 e. The molecule has 0 saturated heterocycles. The third-order valence-corrected chi connectivity index (χ3v) is 5.46. The Kier molecular flexibility index (Phi) is 17.2. The highest BCUT2D eigenvalue weighted by Gasteiger charge is 2.25. The molecule has 0 aromatic carbocycles. The molecule has 0 unspecified atom stereocenters. The van der Waals surface area contributed by atoms with Crippen LogP contribution in [0.3, 0.4) is 0 Å². The standard InChI is InChI=1S/C27H38O2.2C2H6/c1-6-8-22(12-11-20(2)3)23-9-7-10-24(14-13-23)25-15-17-26(18-16-25)29-27(28)19-21(4)5;2*1-2/h6,8-14,20-21,25-26H,1,7,15-19H2,2-5H3;2*1-2H3/b12-11-,22-8+;;. The molecule has 186 valence electrons. The lowest BCUT2D eigenvalue weighted by Gasteiger charge is -2.29. The van der Waals surface area contributed by atoms with E-state index in [9.17, 15) is 4.79 Å². The van der Waals surface area contributed by atoms with Gasteiger partial charge in [-0.2, -0.15) is 0 Å². The van der Waals surface area contributed by atoms with E-state index in [1.165, 1.54) is 16.7 Å². The van der Waals surface area contributed by atoms with E-state index in [0.29, 0.717) is 24.2 Å². The van der Waals surface area contributed by atoms with Gasteiger partial charge >= 0.3 is 5.97 Å². The van der Waals surface area contributed by atoms with Gasteiger partial charge in [0.1, 0.15) is 6.10 Å². The van der Waals surface area contributed by atoms with Crippen LogP contribution in [0.25, 0.3) is 0 Å². The lowest BCUT2D eigenvalue weighted by atomic mass is 9.82. The van der Waals surface area contributed by atoms with Gasteiger partial charge < -0.3 is 4.74 Å². The Morgan fingerprint density at radius 1 is 1.03 bits per heavy atom. The molecule has 2 aliphatic carbocycles. The van der Waals surface area contributed by atoms with Crippen LogP contribution >= 0.6 is 0 Å². The summed E-state index contributed by atoms with van der Waals surface area (Å²) >= 11 is 0. The minimum atomic E-state index is -0.0399. The third-order valence-electron chi connectivity index (χ3n) is 5.46. The Labute approximate surface area is 205 Å². The van der Waals surface area contributed by atoms with Crippen LogP contribution in [0.1, 0.15) is 93.9 Å². The van der Waals surface area contributed by atoms with Crippen LogP contribution in [0.2, 0.25) is 0 Å². The first-order valence-corrected chi connectivity index (χ1v) is 13.2. The number of hydrogen-bond donors (Lipinski definition) is 0. The molecular weight excluding hydrogens is 404 g/mol. The summed E-state index contributed by atoms with van der Waals surface area (Å²) in [7, 11) is 0. The van der Waals surface area contributed by atoms with Crippen molar-refractivity contribution in [1.29, 1.82) is 0 Å². The van der Waals surface area contributed by atoms with Crippen LogP contribution in [0.5, 0.6) is 0 Å². The summed E-state index contributed by atoms with van der Waals surface area (Å²) in [5, 5.41) is 0. The van der Waals surface area contributed by atoms with Crippen molar-refractivity contribution in [1.82, 2.24) is 0 Å². The second-order valence-corrected chi connectivity index (χ2v) is 8.95. The van der Waals surface area contributed by atoms with E-state index in [1.54, 1.807) is 0 Å². The van der Waals surface area contributed by atoms with Crippen LogP contribution in [0.15, 0.2) is 71.9 Å². The van der Waals surface area contributed by atoms with Gasteiger partial charge in [0.2, 0.25) is 0 Å². The zero-order valence-corrected chi connectivity index (χ0v) is 22.7. The number of carbonyl (C=O) groups is 1. The quantitative estimate of drug-likeness (QED) is 0.270. The zero-order valence-electron chi connectivity index (χ0n) is 22.7. The molecule has 1 saturated carbocycles. The molecule has 0 spiro atoms. The van der Waals surface area contributed by atoms with E-state index in [0.717, 1.165) is 32.1 Å². The molecule has 33 heavy (non-hydrogen) atoms. The van der Waals surface area contributed by atoms with Gasteiger partial charge in [-0.15, -0.1) is 0 Å². The molecule has 2 aliphatic rings. The molecule has 0 atom stereocenters. The summed E-state index contributed by atoms with van der Waals surface area (Å²) in [5.74, 6) is 1.41. The summed E-state index contributed by atoms with van der Waals surface area (Å²) in [6.07, 6.45) is 23.2. The van der Waals surface area contributed by atoms with E-state index >= 15 is 0 Å². The first kappa shape index (κ1) is 30.9. The molecule has 2 rings (SSSR count). The lowest BCUT2D eigenvalue weighted by Crippen LogP contribution is -2.25. The Hall–Kier alpha value is -2.09. The van der Waals surface area contributed by atoms with Crippen molar-refractivity contribution < 1.29 is 9.53 Å². The molecule has 0 amide bonds. The monoisotopic (exact) mass is 454 g/mol. The maximum Gasteiger partial charge on any atom is 0.306 e. The molecule has 0 heterocycles. The zero-order chi connectivity index (χ0) is 25.2. The fourth-order valence-electron chi connectivity index (χ4n) is 3.91. The smallest absolute Gasteiger partial charge is 0.306 e. The minimum Gasteiger partial charge on any atom is -0.462 e. The van der Waals surface area contributed by atoms with Gasteiger partial charge in [-0.25, -0.2) is 0 Å². The summed E-state index contributed by atoms with van der Waals surface area (Å²) in [4.78, 5) is 11.9. The molecule has 2 nitrogen and oxygen atoms in total. The molecule has 0 aromatic heterocycles. The predicted octanol–water partition coefficient (Wildman–Crippen LogP) is 9.32. The highest BCUT2D eigenvalue weighted by Crippen LogP contribution is 2.34. The Morgan fingerprint density at radius 2 is 1.67 bits per heavy atom. The number of esters is 1. The van der Waals surface area contributed by atoms with Gasteiger partial charge in [-0.05, 0) is 66.6 Å². The van der Waals surface area contributed by atoms with E-state index < -0.39 is 0 Å². The minimum absolute atomic E-state index is 0.0399. The number of hydrogen-bond acceptors (Lipinski definition) is 2. The second-order valence-electron chi connectivity index (χ2n) is 8.95. The van der Waals surface area contributed by atoms with Crippen molar-refractivity contribution in [3.8, 4) is 0 Å². The van der Waals surface area contributed by atoms with Gasteiger partial charge in [0.25, 0.3) is 0 Å². The maximum atomic E-state index is 11.9. The summed E-state index contributed by atoms with van der Waals surface area (Å²) in [6.45, 7) is 20.4. The maximum absolute atomic E-state index is 11.9. The van der Waals surface area contributed by atoms with Crippen LogP contribution in [0.4, 0.5) is 0 Å². The molecule has 1 fully saturated rings. The molecule has 0 radical (unpaired) electrons. The average Bonchev–Trinajstić information content (AvgIpc) is 3.05. The van der Waals surface area contributed by atoms with E-state index in [2.05, 4.69) is 76.8 Å². The van der Waals surface area contributed by atoms with Gasteiger partial charge in [0.05, 0.1) is 0 Å². The van der Waals surface area contributed by atoms with E-state index in [-0.39, 0.29) is 12.1 Å². The fourth-order valence-corrected chi connectivity index (χ4v) is 3.91. The van der Waals surface area contributed by atoms with E-state index in [1.807, 2.05) is 33.8 Å². The molecule has 0 aliphatic heterocycles. The second kappa shape index (κ2) is 18.3. The topological polar surface area (TPSA) is 26.3 Å². The molecular formula is C31H50O2. The average molecular weight is 455 g/mol. The van der Waals surface area contributed by atoms with Crippen molar-refractivity contribution in [2.24, 2.45) is 17.8 Å². The Morgan fingerprint density at radius 3 is 2.21 bits per heavy atom. The first-order chi connectivity index (χ1) is 15.9. The lowest BCUT2D eigenvalue weighted by molar-refractivity contribution is -0.151. The van der Waals surface area contributed by atoms with Crippen LogP contribution in [-0.2, 0) is 9.53 Å². The third kappa shape index (κ3) is 12.7. The van der Waals surface area contributed by atoms with Crippen LogP contribution < -0.4 is 0 Å². The highest BCUT2D eigenvalue weighted by atomic mass is 16.5. The normalized spacial score (nSPS) is 20.7. The molecule has 0 aromatic rings. The molecule has 2 heteroatoms. The number of rotatable bonds is 8. The number of carbonyl (C=O) groups excluding carboxylic acids is 1. The van der Waals surface area contributed by atoms with Crippen molar-refractivity contribution in [2.45, 2.75) is 100 Å². The van der Waals surface area contributed by atoms with Crippen molar-refractivity contribution in [3.63, 3.8) is 0 Å². The fraction of sp³-hybridized carbons (Fsp3) is 0.581. The highest BCUT2D eigenvalue weighted by molar-refractivity contribution is 5.69. The van der Waals surface area contributed by atoms with Crippen LogP contribution in [0, 0.1) is 17.8 Å². The number of allylic oxidation sites excluding steroid dienone is 11. The van der Waals surface area contributed by atoms with Gasteiger partial charge in [-0.3, -0.25) is 4.79 Å². The summed E-state index contributed by atoms with van der Waals surface area (Å²) < 4.78 is 5.67. The van der Waals surface area contributed by atoms with Crippen LogP contribution in [-0.4, -0.2) is 12.1 Å².